The molecule has 1 atom stereocenters. The second kappa shape index (κ2) is 6.14. The van der Waals surface area contributed by atoms with Crippen molar-refractivity contribution in [3.8, 4) is 12.3 Å². The van der Waals surface area contributed by atoms with Gasteiger partial charge in [0.15, 0.2) is 5.78 Å². The number of carbonyl (C=O) groups is 2. The van der Waals surface area contributed by atoms with E-state index in [0.717, 1.165) is 5.75 Å². The van der Waals surface area contributed by atoms with Crippen molar-refractivity contribution in [2.75, 3.05) is 18.1 Å². The fourth-order valence-corrected chi connectivity index (χ4v) is 2.71. The summed E-state index contributed by atoms with van der Waals surface area (Å²) in [7, 11) is 0. The fraction of sp³-hybridized carbons (Fsp3) is 0.692. The molecule has 0 aromatic carbocycles. The number of hydrogen-bond donors (Lipinski definition) is 0. The van der Waals surface area contributed by atoms with Gasteiger partial charge in [-0.2, -0.15) is 11.8 Å². The van der Waals surface area contributed by atoms with E-state index in [4.69, 9.17) is 11.2 Å². The Morgan fingerprint density at radius 3 is 2.72 bits per heavy atom. The fourth-order valence-electron chi connectivity index (χ4n) is 1.63. The number of terminal acetylenes is 1. The van der Waals surface area contributed by atoms with Crippen molar-refractivity contribution in [2.45, 2.75) is 38.8 Å². The normalized spacial score (nSPS) is 20.1. The lowest BCUT2D eigenvalue weighted by molar-refractivity contribution is -0.122. The monoisotopic (exact) mass is 269 g/mol. The zero-order chi connectivity index (χ0) is 13.8. The van der Waals surface area contributed by atoms with Gasteiger partial charge in [-0.05, 0) is 20.8 Å². The van der Waals surface area contributed by atoms with Crippen LogP contribution in [0.25, 0.3) is 0 Å². The molecule has 1 unspecified atom stereocenters. The minimum Gasteiger partial charge on any atom is -0.444 e. The number of amides is 1. The first-order valence-corrected chi connectivity index (χ1v) is 7.04. The first-order valence-electron chi connectivity index (χ1n) is 5.88. The van der Waals surface area contributed by atoms with E-state index < -0.39 is 17.7 Å². The Bertz CT molecular complexity index is 367. The number of Topliss-reactive ketones (excluding diaryl/α,β-unsaturated/α-hetero) is 1. The number of ketones is 1. The Kier molecular flexibility index (Phi) is 5.09. The first-order chi connectivity index (χ1) is 8.35. The zero-order valence-electron chi connectivity index (χ0n) is 11.1. The molecule has 0 bridgehead atoms. The van der Waals surface area contributed by atoms with Crippen molar-refractivity contribution in [1.82, 2.24) is 4.90 Å². The van der Waals surface area contributed by atoms with Gasteiger partial charge in [-0.25, -0.2) is 4.79 Å². The highest BCUT2D eigenvalue weighted by Crippen LogP contribution is 2.21. The Labute approximate surface area is 112 Å². The molecule has 0 radical (unpaired) electrons. The molecule has 100 valence electrons. The zero-order valence-corrected chi connectivity index (χ0v) is 11.9. The van der Waals surface area contributed by atoms with Crippen LogP contribution in [0.4, 0.5) is 4.79 Å². The van der Waals surface area contributed by atoms with Crippen LogP contribution >= 0.6 is 11.8 Å². The first kappa shape index (κ1) is 14.9. The molecular formula is C13H19NO3S. The summed E-state index contributed by atoms with van der Waals surface area (Å²) >= 11 is 1.66. The number of nitrogens with zero attached hydrogens (tertiary/aromatic N) is 1. The maximum atomic E-state index is 12.0. The minimum atomic E-state index is -0.554. The van der Waals surface area contributed by atoms with E-state index in [2.05, 4.69) is 5.92 Å². The van der Waals surface area contributed by atoms with Crippen LogP contribution in [-0.4, -0.2) is 46.5 Å². The molecule has 1 amide bonds. The number of ether oxygens (including phenoxy) is 1. The number of hydrogen-bond acceptors (Lipinski definition) is 4. The highest BCUT2D eigenvalue weighted by molar-refractivity contribution is 7.99. The molecule has 1 aliphatic rings. The van der Waals surface area contributed by atoms with Gasteiger partial charge in [0.2, 0.25) is 0 Å². The van der Waals surface area contributed by atoms with Crippen LogP contribution < -0.4 is 0 Å². The molecule has 1 rings (SSSR count). The standard InChI is InChI=1S/C13H19NO3S/c1-5-6-11(15)10-9-18-8-7-14(10)12(16)17-13(2,3)4/h1,10H,6-9H2,2-4H3. The van der Waals surface area contributed by atoms with E-state index in [9.17, 15) is 9.59 Å². The summed E-state index contributed by atoms with van der Waals surface area (Å²) in [6, 6.07) is -0.449. The second-order valence-corrected chi connectivity index (χ2v) is 6.26. The van der Waals surface area contributed by atoms with Gasteiger partial charge >= 0.3 is 6.09 Å². The summed E-state index contributed by atoms with van der Waals surface area (Å²) in [5.41, 5.74) is -0.554. The average Bonchev–Trinajstić information content (AvgIpc) is 2.27. The summed E-state index contributed by atoms with van der Waals surface area (Å²) in [5, 5.41) is 0. The molecule has 18 heavy (non-hydrogen) atoms. The summed E-state index contributed by atoms with van der Waals surface area (Å²) in [6.45, 7) is 5.95. The number of rotatable bonds is 2. The third-order valence-corrected chi connectivity index (χ3v) is 3.43. The highest BCUT2D eigenvalue weighted by atomic mass is 32.2. The van der Waals surface area contributed by atoms with Gasteiger partial charge < -0.3 is 4.74 Å². The Morgan fingerprint density at radius 1 is 1.50 bits per heavy atom. The summed E-state index contributed by atoms with van der Waals surface area (Å²) in [4.78, 5) is 25.4. The predicted octanol–water partition coefficient (Wildman–Crippen LogP) is 1.93. The molecule has 1 aliphatic heterocycles. The van der Waals surface area contributed by atoms with E-state index in [-0.39, 0.29) is 12.2 Å². The Balaban J connectivity index is 2.73. The molecule has 0 spiro atoms. The van der Waals surface area contributed by atoms with Crippen molar-refractivity contribution in [2.24, 2.45) is 0 Å². The minimum absolute atomic E-state index is 0.0600. The smallest absolute Gasteiger partial charge is 0.410 e. The highest BCUT2D eigenvalue weighted by Gasteiger charge is 2.34. The lowest BCUT2D eigenvalue weighted by atomic mass is 10.1. The van der Waals surface area contributed by atoms with Gasteiger partial charge in [0, 0.05) is 18.1 Å². The van der Waals surface area contributed by atoms with Crippen LogP contribution in [0.1, 0.15) is 27.2 Å². The molecule has 0 saturated carbocycles. The van der Waals surface area contributed by atoms with Crippen LogP contribution in [-0.2, 0) is 9.53 Å². The van der Waals surface area contributed by atoms with Crippen LogP contribution in [0.15, 0.2) is 0 Å². The molecule has 0 aliphatic carbocycles. The van der Waals surface area contributed by atoms with Gasteiger partial charge in [-0.1, -0.05) is 5.92 Å². The molecular weight excluding hydrogens is 250 g/mol. The predicted molar refractivity (Wildman–Crippen MR) is 72.5 cm³/mol. The van der Waals surface area contributed by atoms with Gasteiger partial charge in [-0.15, -0.1) is 6.42 Å². The Morgan fingerprint density at radius 2 is 2.17 bits per heavy atom. The van der Waals surface area contributed by atoms with Gasteiger partial charge in [0.05, 0.1) is 6.42 Å². The molecule has 1 saturated heterocycles. The molecule has 1 heterocycles. The third-order valence-electron chi connectivity index (χ3n) is 2.40. The van der Waals surface area contributed by atoms with Crippen molar-refractivity contribution >= 4 is 23.6 Å². The molecule has 5 heteroatoms. The van der Waals surface area contributed by atoms with E-state index in [1.54, 1.807) is 11.8 Å². The number of thioether (sulfide) groups is 1. The van der Waals surface area contributed by atoms with Gasteiger partial charge in [0.1, 0.15) is 11.6 Å². The van der Waals surface area contributed by atoms with Crippen molar-refractivity contribution in [3.63, 3.8) is 0 Å². The summed E-state index contributed by atoms with van der Waals surface area (Å²) < 4.78 is 5.31. The summed E-state index contributed by atoms with van der Waals surface area (Å²) in [6.07, 6.45) is 4.77. The van der Waals surface area contributed by atoms with Crippen LogP contribution in [0.2, 0.25) is 0 Å². The van der Waals surface area contributed by atoms with Crippen LogP contribution in [0, 0.1) is 12.3 Å². The Hall–Kier alpha value is -1.15. The van der Waals surface area contributed by atoms with E-state index in [1.807, 2.05) is 20.8 Å². The molecule has 1 fully saturated rings. The van der Waals surface area contributed by atoms with E-state index >= 15 is 0 Å². The maximum Gasteiger partial charge on any atom is 0.410 e. The molecule has 0 N–H and O–H groups in total. The van der Waals surface area contributed by atoms with Gasteiger partial charge in [0.25, 0.3) is 0 Å². The van der Waals surface area contributed by atoms with E-state index in [1.165, 1.54) is 4.90 Å². The third kappa shape index (κ3) is 4.26. The largest absolute Gasteiger partial charge is 0.444 e. The number of carbonyl (C=O) groups excluding carboxylic acids is 2. The molecule has 0 aromatic rings. The van der Waals surface area contributed by atoms with Crippen LogP contribution in [0.3, 0.4) is 0 Å². The van der Waals surface area contributed by atoms with Gasteiger partial charge in [-0.3, -0.25) is 9.69 Å². The topological polar surface area (TPSA) is 46.6 Å². The molecule has 4 nitrogen and oxygen atoms in total. The maximum absolute atomic E-state index is 12.0. The SMILES string of the molecule is C#CCC(=O)C1CSCCN1C(=O)OC(C)(C)C. The average molecular weight is 269 g/mol. The van der Waals surface area contributed by atoms with E-state index in [0.29, 0.717) is 12.3 Å². The van der Waals surface area contributed by atoms with Crippen molar-refractivity contribution in [3.05, 3.63) is 0 Å². The summed E-state index contributed by atoms with van der Waals surface area (Å²) in [5.74, 6) is 3.66. The lowest BCUT2D eigenvalue weighted by Gasteiger charge is -2.35. The van der Waals surface area contributed by atoms with Crippen molar-refractivity contribution < 1.29 is 14.3 Å². The quantitative estimate of drug-likeness (QED) is 0.719. The molecule has 0 aromatic heterocycles. The lowest BCUT2D eigenvalue weighted by Crippen LogP contribution is -2.51. The van der Waals surface area contributed by atoms with Crippen molar-refractivity contribution in [1.29, 1.82) is 0 Å². The second-order valence-electron chi connectivity index (χ2n) is 5.11. The van der Waals surface area contributed by atoms with Crippen LogP contribution in [0.5, 0.6) is 0 Å².